The summed E-state index contributed by atoms with van der Waals surface area (Å²) >= 11 is 0. The number of anilines is 1. The van der Waals surface area contributed by atoms with Gasteiger partial charge in [-0.2, -0.15) is 0 Å². The standard InChI is InChI=1S/C30H33FN2O3/c1-5-27(29(34)32-24-12-9-20(4)10-13-24)36-25-14-11-21-15-16-33(30(35)19(2)3)28(26(21)18-25)22-7-6-8-23(31)17-22/h6-14,17-19,27-28H,5,15-16H2,1-4H3,(H,32,34)/t27-,28+/m1/s1. The van der Waals surface area contributed by atoms with E-state index < -0.39 is 12.1 Å². The van der Waals surface area contributed by atoms with Gasteiger partial charge >= 0.3 is 0 Å². The highest BCUT2D eigenvalue weighted by Crippen LogP contribution is 2.38. The highest BCUT2D eigenvalue weighted by Gasteiger charge is 2.34. The summed E-state index contributed by atoms with van der Waals surface area (Å²) in [5.41, 5.74) is 4.52. The average Bonchev–Trinajstić information content (AvgIpc) is 2.87. The molecule has 2 amide bonds. The van der Waals surface area contributed by atoms with E-state index in [-0.39, 0.29) is 23.5 Å². The highest BCUT2D eigenvalue weighted by atomic mass is 19.1. The van der Waals surface area contributed by atoms with Crippen LogP contribution in [0.1, 0.15) is 55.5 Å². The van der Waals surface area contributed by atoms with Crippen LogP contribution in [0.25, 0.3) is 0 Å². The van der Waals surface area contributed by atoms with Gasteiger partial charge in [0, 0.05) is 18.2 Å². The number of amides is 2. The van der Waals surface area contributed by atoms with Crippen molar-refractivity contribution in [3.63, 3.8) is 0 Å². The fourth-order valence-corrected chi connectivity index (χ4v) is 4.62. The molecular formula is C30H33FN2O3. The molecule has 188 valence electrons. The number of aryl methyl sites for hydroxylation is 1. The molecule has 0 aliphatic carbocycles. The second-order valence-corrected chi connectivity index (χ2v) is 9.62. The maximum atomic E-state index is 14.2. The Morgan fingerprint density at radius 2 is 1.83 bits per heavy atom. The van der Waals surface area contributed by atoms with Crippen LogP contribution >= 0.6 is 0 Å². The molecule has 0 saturated heterocycles. The van der Waals surface area contributed by atoms with Gasteiger partial charge in [-0.05, 0) is 72.9 Å². The van der Waals surface area contributed by atoms with Gasteiger partial charge in [-0.15, -0.1) is 0 Å². The molecule has 0 saturated carbocycles. The summed E-state index contributed by atoms with van der Waals surface area (Å²) in [6, 6.07) is 19.3. The molecule has 3 aromatic rings. The Labute approximate surface area is 212 Å². The lowest BCUT2D eigenvalue weighted by Gasteiger charge is -2.39. The molecule has 0 aromatic heterocycles. The van der Waals surface area contributed by atoms with Gasteiger partial charge in [0.25, 0.3) is 5.91 Å². The minimum atomic E-state index is -0.686. The number of benzene rings is 3. The first-order valence-corrected chi connectivity index (χ1v) is 12.5. The van der Waals surface area contributed by atoms with Crippen LogP contribution in [-0.2, 0) is 16.0 Å². The van der Waals surface area contributed by atoms with E-state index in [4.69, 9.17) is 4.74 Å². The lowest BCUT2D eigenvalue weighted by atomic mass is 9.87. The van der Waals surface area contributed by atoms with E-state index in [1.54, 1.807) is 6.07 Å². The lowest BCUT2D eigenvalue weighted by Crippen LogP contribution is -2.42. The number of hydrogen-bond donors (Lipinski definition) is 1. The molecule has 1 aliphatic rings. The van der Waals surface area contributed by atoms with Gasteiger partial charge in [0.2, 0.25) is 5.91 Å². The quantitative estimate of drug-likeness (QED) is 0.440. The first-order valence-electron chi connectivity index (χ1n) is 12.5. The Balaban J connectivity index is 1.64. The molecule has 2 atom stereocenters. The maximum absolute atomic E-state index is 14.2. The van der Waals surface area contributed by atoms with Crippen molar-refractivity contribution in [2.75, 3.05) is 11.9 Å². The Morgan fingerprint density at radius 3 is 2.50 bits per heavy atom. The molecule has 5 nitrogen and oxygen atoms in total. The van der Waals surface area contributed by atoms with E-state index >= 15 is 0 Å². The predicted octanol–water partition coefficient (Wildman–Crippen LogP) is 6.06. The van der Waals surface area contributed by atoms with Crippen molar-refractivity contribution in [2.45, 2.75) is 52.7 Å². The number of halogens is 1. The van der Waals surface area contributed by atoms with Crippen LogP contribution in [0.3, 0.4) is 0 Å². The van der Waals surface area contributed by atoms with Gasteiger partial charge in [0.1, 0.15) is 11.6 Å². The fraction of sp³-hybridized carbons (Fsp3) is 0.333. The van der Waals surface area contributed by atoms with Crippen LogP contribution in [0.15, 0.2) is 66.7 Å². The zero-order valence-corrected chi connectivity index (χ0v) is 21.3. The summed E-state index contributed by atoms with van der Waals surface area (Å²) in [4.78, 5) is 27.9. The van der Waals surface area contributed by atoms with Crippen molar-refractivity contribution in [1.29, 1.82) is 0 Å². The van der Waals surface area contributed by atoms with Crippen molar-refractivity contribution >= 4 is 17.5 Å². The number of carbonyl (C=O) groups excluding carboxylic acids is 2. The lowest BCUT2D eigenvalue weighted by molar-refractivity contribution is -0.136. The van der Waals surface area contributed by atoms with Crippen LogP contribution in [0, 0.1) is 18.7 Å². The minimum absolute atomic E-state index is 0.0187. The van der Waals surface area contributed by atoms with E-state index in [0.29, 0.717) is 36.4 Å². The summed E-state index contributed by atoms with van der Waals surface area (Å²) < 4.78 is 20.3. The van der Waals surface area contributed by atoms with E-state index in [2.05, 4.69) is 5.32 Å². The van der Waals surface area contributed by atoms with E-state index in [0.717, 1.165) is 16.7 Å². The molecule has 1 aliphatic heterocycles. The van der Waals surface area contributed by atoms with Gasteiger partial charge < -0.3 is 15.0 Å². The molecule has 0 fully saturated rings. The van der Waals surface area contributed by atoms with Crippen molar-refractivity contribution in [3.05, 3.63) is 94.8 Å². The van der Waals surface area contributed by atoms with Crippen molar-refractivity contribution in [1.82, 2.24) is 4.90 Å². The zero-order valence-electron chi connectivity index (χ0n) is 21.3. The second-order valence-electron chi connectivity index (χ2n) is 9.62. The van der Waals surface area contributed by atoms with Crippen LogP contribution < -0.4 is 10.1 Å². The highest BCUT2D eigenvalue weighted by molar-refractivity contribution is 5.94. The summed E-state index contributed by atoms with van der Waals surface area (Å²) in [5, 5.41) is 2.92. The number of rotatable bonds is 7. The molecule has 1 heterocycles. The Kier molecular flexibility index (Phi) is 7.73. The van der Waals surface area contributed by atoms with E-state index in [1.807, 2.05) is 81.1 Å². The Morgan fingerprint density at radius 1 is 1.08 bits per heavy atom. The summed E-state index contributed by atoms with van der Waals surface area (Å²) in [6.07, 6.45) is 0.499. The van der Waals surface area contributed by atoms with Crippen LogP contribution in [0.2, 0.25) is 0 Å². The molecule has 0 spiro atoms. The van der Waals surface area contributed by atoms with Crippen LogP contribution in [-0.4, -0.2) is 29.4 Å². The second kappa shape index (κ2) is 10.9. The number of fused-ring (bicyclic) bond motifs is 1. The molecule has 0 bridgehead atoms. The Bertz CT molecular complexity index is 1240. The first kappa shape index (κ1) is 25.4. The topological polar surface area (TPSA) is 58.6 Å². The number of hydrogen-bond acceptors (Lipinski definition) is 3. The van der Waals surface area contributed by atoms with Crippen molar-refractivity contribution in [3.8, 4) is 5.75 Å². The van der Waals surface area contributed by atoms with Gasteiger partial charge in [0.05, 0.1) is 6.04 Å². The summed E-state index contributed by atoms with van der Waals surface area (Å²) in [7, 11) is 0. The van der Waals surface area contributed by atoms with Gasteiger partial charge in [-0.25, -0.2) is 4.39 Å². The van der Waals surface area contributed by atoms with E-state index in [1.165, 1.54) is 12.1 Å². The number of nitrogens with zero attached hydrogens (tertiary/aromatic N) is 1. The number of nitrogens with one attached hydrogen (secondary N) is 1. The monoisotopic (exact) mass is 488 g/mol. The molecule has 6 heteroatoms. The maximum Gasteiger partial charge on any atom is 0.265 e. The molecule has 0 unspecified atom stereocenters. The predicted molar refractivity (Wildman–Crippen MR) is 139 cm³/mol. The molecule has 3 aromatic carbocycles. The van der Waals surface area contributed by atoms with Crippen LogP contribution in [0.5, 0.6) is 5.75 Å². The third-order valence-corrected chi connectivity index (χ3v) is 6.55. The van der Waals surface area contributed by atoms with Crippen LogP contribution in [0.4, 0.5) is 10.1 Å². The minimum Gasteiger partial charge on any atom is -0.481 e. The first-order chi connectivity index (χ1) is 17.3. The molecule has 1 N–H and O–H groups in total. The van der Waals surface area contributed by atoms with Gasteiger partial charge in [-0.3, -0.25) is 9.59 Å². The smallest absolute Gasteiger partial charge is 0.265 e. The SMILES string of the molecule is CC[C@@H](Oc1ccc2c(c1)[C@H](c1cccc(F)c1)N(C(=O)C(C)C)CC2)C(=O)Nc1ccc(C)cc1. The number of ether oxygens (including phenoxy) is 1. The third kappa shape index (κ3) is 5.59. The average molecular weight is 489 g/mol. The zero-order chi connectivity index (χ0) is 25.8. The molecular weight excluding hydrogens is 455 g/mol. The van der Waals surface area contributed by atoms with Crippen molar-refractivity contribution in [2.24, 2.45) is 5.92 Å². The molecule has 36 heavy (non-hydrogen) atoms. The third-order valence-electron chi connectivity index (χ3n) is 6.55. The summed E-state index contributed by atoms with van der Waals surface area (Å²) in [5.74, 6) is -0.192. The van der Waals surface area contributed by atoms with Gasteiger partial charge in [0.15, 0.2) is 6.10 Å². The molecule has 0 radical (unpaired) electrons. The Hall–Kier alpha value is -3.67. The van der Waals surface area contributed by atoms with E-state index in [9.17, 15) is 14.0 Å². The summed E-state index contributed by atoms with van der Waals surface area (Å²) in [6.45, 7) is 8.20. The van der Waals surface area contributed by atoms with Crippen molar-refractivity contribution < 1.29 is 18.7 Å². The fourth-order valence-electron chi connectivity index (χ4n) is 4.62. The largest absolute Gasteiger partial charge is 0.481 e. The number of carbonyl (C=O) groups is 2. The molecule has 4 rings (SSSR count). The normalized spacial score (nSPS) is 15.8. The van der Waals surface area contributed by atoms with Gasteiger partial charge in [-0.1, -0.05) is 56.7 Å².